The van der Waals surface area contributed by atoms with E-state index >= 15 is 0 Å². The minimum absolute atomic E-state index is 0.00290. The molecule has 1 saturated heterocycles. The average Bonchev–Trinajstić information content (AvgIpc) is 3.06. The highest BCUT2D eigenvalue weighted by Crippen LogP contribution is 2.27. The number of ether oxygens (including phenoxy) is 1. The van der Waals surface area contributed by atoms with Gasteiger partial charge in [0.05, 0.1) is 13.0 Å². The fourth-order valence-electron chi connectivity index (χ4n) is 3.40. The van der Waals surface area contributed by atoms with Crippen LogP contribution in [0.1, 0.15) is 23.1 Å². The average molecular weight is 366 g/mol. The largest absolute Gasteiger partial charge is 0.496 e. The van der Waals surface area contributed by atoms with Gasteiger partial charge in [-0.2, -0.15) is 0 Å². The van der Waals surface area contributed by atoms with Crippen LogP contribution in [-0.4, -0.2) is 32.0 Å². The highest BCUT2D eigenvalue weighted by Gasteiger charge is 2.35. The van der Waals surface area contributed by atoms with Crippen molar-refractivity contribution >= 4 is 17.5 Å². The summed E-state index contributed by atoms with van der Waals surface area (Å²) in [6, 6.07) is 13.7. The number of anilines is 1. The van der Waals surface area contributed by atoms with E-state index in [0.29, 0.717) is 19.5 Å². The molecular formula is C22H26N2O3. The quantitative estimate of drug-likeness (QED) is 0.855. The number of hydrogen-bond donors (Lipinski definition) is 1. The lowest BCUT2D eigenvalue weighted by Gasteiger charge is -2.18. The summed E-state index contributed by atoms with van der Waals surface area (Å²) in [5, 5.41) is 2.96. The highest BCUT2D eigenvalue weighted by atomic mass is 16.5. The number of nitrogens with zero attached hydrogens (tertiary/aromatic N) is 1. The summed E-state index contributed by atoms with van der Waals surface area (Å²) in [6.45, 7) is 5.03. The second-order valence-corrected chi connectivity index (χ2v) is 7.03. The zero-order chi connectivity index (χ0) is 19.4. The first-order valence-electron chi connectivity index (χ1n) is 9.27. The van der Waals surface area contributed by atoms with Crippen molar-refractivity contribution in [2.45, 2.75) is 26.7 Å². The monoisotopic (exact) mass is 366 g/mol. The second-order valence-electron chi connectivity index (χ2n) is 7.03. The summed E-state index contributed by atoms with van der Waals surface area (Å²) in [5.41, 5.74) is 4.26. The number of nitrogens with one attached hydrogen (secondary N) is 1. The molecule has 2 aromatic carbocycles. The zero-order valence-electron chi connectivity index (χ0n) is 16.1. The Kier molecular flexibility index (Phi) is 5.79. The van der Waals surface area contributed by atoms with Crippen molar-refractivity contribution in [2.24, 2.45) is 5.92 Å². The van der Waals surface area contributed by atoms with Crippen molar-refractivity contribution in [3.63, 3.8) is 0 Å². The van der Waals surface area contributed by atoms with E-state index in [9.17, 15) is 9.59 Å². The van der Waals surface area contributed by atoms with Gasteiger partial charge in [0.2, 0.25) is 11.8 Å². The molecule has 0 aliphatic carbocycles. The van der Waals surface area contributed by atoms with Gasteiger partial charge < -0.3 is 15.0 Å². The third-order valence-electron chi connectivity index (χ3n) is 5.18. The number of hydrogen-bond acceptors (Lipinski definition) is 3. The number of para-hydroxylation sites is 1. The standard InChI is InChI=1S/C22H26N2O3/c1-15-8-9-19(12-16(15)2)24-14-18(13-21(24)25)22(26)23-11-10-17-6-4-5-7-20(17)27-3/h4-9,12,18H,10-11,13-14H2,1-3H3,(H,23,26). The Labute approximate surface area is 160 Å². The Morgan fingerprint density at radius 1 is 1.19 bits per heavy atom. The third-order valence-corrected chi connectivity index (χ3v) is 5.18. The van der Waals surface area contributed by atoms with Gasteiger partial charge in [-0.15, -0.1) is 0 Å². The van der Waals surface area contributed by atoms with E-state index < -0.39 is 0 Å². The zero-order valence-corrected chi connectivity index (χ0v) is 16.1. The van der Waals surface area contributed by atoms with Gasteiger partial charge in [0.15, 0.2) is 0 Å². The lowest BCUT2D eigenvalue weighted by molar-refractivity contribution is -0.126. The molecule has 2 aromatic rings. The molecule has 0 saturated carbocycles. The van der Waals surface area contributed by atoms with Crippen LogP contribution < -0.4 is 15.0 Å². The summed E-state index contributed by atoms with van der Waals surface area (Å²) < 4.78 is 5.33. The maximum atomic E-state index is 12.5. The van der Waals surface area contributed by atoms with Crippen molar-refractivity contribution in [2.75, 3.05) is 25.1 Å². The molecule has 1 heterocycles. The Hall–Kier alpha value is -2.82. The normalized spacial score (nSPS) is 16.5. The molecule has 1 fully saturated rings. The molecule has 1 atom stereocenters. The molecule has 1 aliphatic heterocycles. The van der Waals surface area contributed by atoms with Crippen molar-refractivity contribution in [3.8, 4) is 5.75 Å². The fraction of sp³-hybridized carbons (Fsp3) is 0.364. The van der Waals surface area contributed by atoms with Gasteiger partial charge in [-0.3, -0.25) is 9.59 Å². The smallest absolute Gasteiger partial charge is 0.227 e. The lowest BCUT2D eigenvalue weighted by atomic mass is 10.1. The molecule has 2 amide bonds. The number of rotatable bonds is 6. The second kappa shape index (κ2) is 8.25. The van der Waals surface area contributed by atoms with Crippen LogP contribution in [0, 0.1) is 19.8 Å². The van der Waals surface area contributed by atoms with Gasteiger partial charge >= 0.3 is 0 Å². The van der Waals surface area contributed by atoms with Crippen LogP contribution in [0.5, 0.6) is 5.75 Å². The Morgan fingerprint density at radius 3 is 2.70 bits per heavy atom. The minimum Gasteiger partial charge on any atom is -0.496 e. The van der Waals surface area contributed by atoms with E-state index in [4.69, 9.17) is 4.74 Å². The molecule has 1 aliphatic rings. The molecule has 0 spiro atoms. The van der Waals surface area contributed by atoms with E-state index in [-0.39, 0.29) is 24.2 Å². The minimum atomic E-state index is -0.309. The van der Waals surface area contributed by atoms with E-state index in [0.717, 1.165) is 22.6 Å². The van der Waals surface area contributed by atoms with Gasteiger partial charge in [-0.25, -0.2) is 0 Å². The predicted octanol–water partition coefficient (Wildman–Crippen LogP) is 3.02. The molecule has 0 aromatic heterocycles. The summed E-state index contributed by atoms with van der Waals surface area (Å²) in [6.07, 6.45) is 0.949. The van der Waals surface area contributed by atoms with Crippen molar-refractivity contribution < 1.29 is 14.3 Å². The number of carbonyl (C=O) groups is 2. The lowest BCUT2D eigenvalue weighted by Crippen LogP contribution is -2.34. The highest BCUT2D eigenvalue weighted by molar-refractivity contribution is 6.00. The molecule has 142 valence electrons. The molecular weight excluding hydrogens is 340 g/mol. The maximum Gasteiger partial charge on any atom is 0.227 e. The Balaban J connectivity index is 1.56. The molecule has 1 unspecified atom stereocenters. The van der Waals surface area contributed by atoms with E-state index in [1.165, 1.54) is 5.56 Å². The maximum absolute atomic E-state index is 12.5. The van der Waals surface area contributed by atoms with Crippen LogP contribution in [0.2, 0.25) is 0 Å². The predicted molar refractivity (Wildman–Crippen MR) is 106 cm³/mol. The number of amides is 2. The first kappa shape index (κ1) is 19.0. The van der Waals surface area contributed by atoms with Crippen molar-refractivity contribution in [3.05, 3.63) is 59.2 Å². The number of aryl methyl sites for hydroxylation is 2. The Bertz CT molecular complexity index is 847. The molecule has 0 radical (unpaired) electrons. The van der Waals surface area contributed by atoms with Gasteiger partial charge in [0.25, 0.3) is 0 Å². The topological polar surface area (TPSA) is 58.6 Å². The van der Waals surface area contributed by atoms with Crippen LogP contribution in [0.25, 0.3) is 0 Å². The number of benzene rings is 2. The first-order chi connectivity index (χ1) is 13.0. The Morgan fingerprint density at radius 2 is 1.96 bits per heavy atom. The van der Waals surface area contributed by atoms with E-state index in [1.54, 1.807) is 12.0 Å². The number of methoxy groups -OCH3 is 1. The van der Waals surface area contributed by atoms with Crippen LogP contribution in [-0.2, 0) is 16.0 Å². The molecule has 5 heteroatoms. The van der Waals surface area contributed by atoms with E-state index in [2.05, 4.69) is 5.32 Å². The fourth-order valence-corrected chi connectivity index (χ4v) is 3.40. The van der Waals surface area contributed by atoms with Gasteiger partial charge in [0.1, 0.15) is 5.75 Å². The molecule has 3 rings (SSSR count). The number of carbonyl (C=O) groups excluding carboxylic acids is 2. The first-order valence-corrected chi connectivity index (χ1v) is 9.27. The van der Waals surface area contributed by atoms with E-state index in [1.807, 2.05) is 56.3 Å². The van der Waals surface area contributed by atoms with Crippen LogP contribution in [0.15, 0.2) is 42.5 Å². The molecule has 1 N–H and O–H groups in total. The van der Waals surface area contributed by atoms with Crippen LogP contribution >= 0.6 is 0 Å². The third kappa shape index (κ3) is 4.30. The molecule has 5 nitrogen and oxygen atoms in total. The van der Waals surface area contributed by atoms with Gasteiger partial charge in [-0.1, -0.05) is 24.3 Å². The summed E-state index contributed by atoms with van der Waals surface area (Å²) >= 11 is 0. The molecule has 0 bridgehead atoms. The summed E-state index contributed by atoms with van der Waals surface area (Å²) in [7, 11) is 1.64. The van der Waals surface area contributed by atoms with Crippen LogP contribution in [0.4, 0.5) is 5.69 Å². The summed E-state index contributed by atoms with van der Waals surface area (Å²) in [5.74, 6) is 0.452. The molecule has 27 heavy (non-hydrogen) atoms. The van der Waals surface area contributed by atoms with Gasteiger partial charge in [-0.05, 0) is 55.2 Å². The van der Waals surface area contributed by atoms with Crippen LogP contribution in [0.3, 0.4) is 0 Å². The van der Waals surface area contributed by atoms with Gasteiger partial charge in [0, 0.05) is 25.2 Å². The summed E-state index contributed by atoms with van der Waals surface area (Å²) in [4.78, 5) is 26.6. The van der Waals surface area contributed by atoms with Crippen molar-refractivity contribution in [1.29, 1.82) is 0 Å². The van der Waals surface area contributed by atoms with Crippen molar-refractivity contribution in [1.82, 2.24) is 5.32 Å². The SMILES string of the molecule is COc1ccccc1CCNC(=O)C1CC(=O)N(c2ccc(C)c(C)c2)C1.